The van der Waals surface area contributed by atoms with E-state index < -0.39 is 0 Å². The average Bonchev–Trinajstić information content (AvgIpc) is 2.64. The summed E-state index contributed by atoms with van der Waals surface area (Å²) in [4.78, 5) is 17.7. The first kappa shape index (κ1) is 21.6. The van der Waals surface area contributed by atoms with E-state index in [0.29, 0.717) is 19.1 Å². The summed E-state index contributed by atoms with van der Waals surface area (Å²) in [5.41, 5.74) is 0.923. The van der Waals surface area contributed by atoms with Crippen LogP contribution in [0.2, 0.25) is 0 Å². The Morgan fingerprint density at radius 1 is 1.23 bits per heavy atom. The van der Waals surface area contributed by atoms with Gasteiger partial charge in [0.1, 0.15) is 18.0 Å². The number of aliphatic imine (C=N–C) groups is 1. The van der Waals surface area contributed by atoms with E-state index in [1.165, 1.54) is 4.90 Å². The van der Waals surface area contributed by atoms with E-state index in [0.717, 1.165) is 17.1 Å². The molecule has 0 aliphatic carbocycles. The molecule has 0 bridgehead atoms. The highest BCUT2D eigenvalue weighted by Gasteiger charge is 2.15. The van der Waals surface area contributed by atoms with E-state index in [1.54, 1.807) is 35.4 Å². The SMILES string of the molecule is COCCNC(=NCC(=O)N(C)C)NC(C)c1cc(OC)ccc1OC. The summed E-state index contributed by atoms with van der Waals surface area (Å²) in [5.74, 6) is 1.92. The lowest BCUT2D eigenvalue weighted by molar-refractivity contribution is -0.127. The Morgan fingerprint density at radius 3 is 2.54 bits per heavy atom. The molecule has 26 heavy (non-hydrogen) atoms. The van der Waals surface area contributed by atoms with Gasteiger partial charge in [-0.2, -0.15) is 0 Å². The standard InChI is InChI=1S/C18H30N4O4/c1-13(15-11-14(25-5)7-8-16(15)26-6)21-18(19-9-10-24-4)20-12-17(23)22(2)3/h7-8,11,13H,9-10,12H2,1-6H3,(H2,19,20,21). The second-order valence-corrected chi connectivity index (χ2v) is 5.85. The van der Waals surface area contributed by atoms with Crippen LogP contribution in [0.5, 0.6) is 11.5 Å². The third-order valence-electron chi connectivity index (χ3n) is 3.73. The van der Waals surface area contributed by atoms with Crippen molar-refractivity contribution >= 4 is 11.9 Å². The molecule has 1 aromatic carbocycles. The van der Waals surface area contributed by atoms with E-state index >= 15 is 0 Å². The molecule has 0 aliphatic rings. The number of benzene rings is 1. The number of hydrogen-bond acceptors (Lipinski definition) is 5. The summed E-state index contributed by atoms with van der Waals surface area (Å²) in [6, 6.07) is 5.49. The lowest BCUT2D eigenvalue weighted by Crippen LogP contribution is -2.41. The van der Waals surface area contributed by atoms with Gasteiger partial charge in [-0.05, 0) is 25.1 Å². The third kappa shape index (κ3) is 6.79. The molecule has 0 saturated carbocycles. The molecule has 1 rings (SSSR count). The van der Waals surface area contributed by atoms with E-state index in [4.69, 9.17) is 14.2 Å². The molecule has 146 valence electrons. The fourth-order valence-electron chi connectivity index (χ4n) is 2.17. The summed E-state index contributed by atoms with van der Waals surface area (Å²) < 4.78 is 15.8. The lowest BCUT2D eigenvalue weighted by Gasteiger charge is -2.21. The van der Waals surface area contributed by atoms with Crippen LogP contribution in [0, 0.1) is 0 Å². The van der Waals surface area contributed by atoms with Gasteiger partial charge in [-0.15, -0.1) is 0 Å². The van der Waals surface area contributed by atoms with Crippen molar-refractivity contribution in [2.24, 2.45) is 4.99 Å². The zero-order chi connectivity index (χ0) is 19.5. The second kappa shape index (κ2) is 11.2. The molecule has 1 unspecified atom stereocenters. The van der Waals surface area contributed by atoms with Crippen LogP contribution in [0.15, 0.2) is 23.2 Å². The fourth-order valence-corrected chi connectivity index (χ4v) is 2.17. The summed E-state index contributed by atoms with van der Waals surface area (Å²) in [6.45, 7) is 3.13. The van der Waals surface area contributed by atoms with Gasteiger partial charge in [0.2, 0.25) is 5.91 Å². The van der Waals surface area contributed by atoms with Crippen molar-refractivity contribution in [2.75, 3.05) is 55.1 Å². The number of amides is 1. The lowest BCUT2D eigenvalue weighted by atomic mass is 10.1. The van der Waals surface area contributed by atoms with Crippen LogP contribution < -0.4 is 20.1 Å². The monoisotopic (exact) mass is 366 g/mol. The summed E-state index contributed by atoms with van der Waals surface area (Å²) in [7, 11) is 8.28. The van der Waals surface area contributed by atoms with Gasteiger partial charge < -0.3 is 29.7 Å². The largest absolute Gasteiger partial charge is 0.497 e. The molecule has 1 amide bonds. The number of nitrogens with one attached hydrogen (secondary N) is 2. The molecule has 8 nitrogen and oxygen atoms in total. The minimum atomic E-state index is -0.122. The van der Waals surface area contributed by atoms with Gasteiger partial charge in [-0.25, -0.2) is 4.99 Å². The third-order valence-corrected chi connectivity index (χ3v) is 3.73. The number of likely N-dealkylation sites (N-methyl/N-ethyl adjacent to an activating group) is 1. The number of ether oxygens (including phenoxy) is 3. The van der Waals surface area contributed by atoms with Gasteiger partial charge in [0.15, 0.2) is 5.96 Å². The molecule has 1 aromatic rings. The molecular weight excluding hydrogens is 336 g/mol. The molecule has 0 fully saturated rings. The molecule has 8 heteroatoms. The van der Waals surface area contributed by atoms with Gasteiger partial charge >= 0.3 is 0 Å². The minimum Gasteiger partial charge on any atom is -0.497 e. The molecule has 0 saturated heterocycles. The maximum atomic E-state index is 11.8. The Morgan fingerprint density at radius 2 is 1.96 bits per heavy atom. The maximum Gasteiger partial charge on any atom is 0.243 e. The first-order chi connectivity index (χ1) is 12.4. The molecule has 2 N–H and O–H groups in total. The van der Waals surface area contributed by atoms with Crippen molar-refractivity contribution in [2.45, 2.75) is 13.0 Å². The Bertz CT molecular complexity index is 605. The zero-order valence-electron chi connectivity index (χ0n) is 16.5. The Kier molecular flexibility index (Phi) is 9.29. The first-order valence-corrected chi connectivity index (χ1v) is 8.38. The van der Waals surface area contributed by atoms with Crippen molar-refractivity contribution in [3.8, 4) is 11.5 Å². The van der Waals surface area contributed by atoms with Crippen molar-refractivity contribution in [1.29, 1.82) is 0 Å². The number of nitrogens with zero attached hydrogens (tertiary/aromatic N) is 2. The highest BCUT2D eigenvalue weighted by molar-refractivity contribution is 5.85. The van der Waals surface area contributed by atoms with E-state index in [2.05, 4.69) is 15.6 Å². The van der Waals surface area contributed by atoms with Crippen LogP contribution in [0.4, 0.5) is 0 Å². The van der Waals surface area contributed by atoms with Gasteiger partial charge in [-0.1, -0.05) is 0 Å². The minimum absolute atomic E-state index is 0.0529. The van der Waals surface area contributed by atoms with E-state index in [9.17, 15) is 4.79 Å². The zero-order valence-corrected chi connectivity index (χ0v) is 16.5. The number of carbonyl (C=O) groups excluding carboxylic acids is 1. The summed E-state index contributed by atoms with van der Waals surface area (Å²) in [5, 5.41) is 6.44. The average molecular weight is 366 g/mol. The molecule has 0 radical (unpaired) electrons. The van der Waals surface area contributed by atoms with Gasteiger partial charge in [0, 0.05) is 33.3 Å². The Labute approximate surface area is 155 Å². The quantitative estimate of drug-likeness (QED) is 0.386. The highest BCUT2D eigenvalue weighted by atomic mass is 16.5. The van der Waals surface area contributed by atoms with Crippen molar-refractivity contribution in [3.63, 3.8) is 0 Å². The predicted molar refractivity (Wildman–Crippen MR) is 102 cm³/mol. The maximum absolute atomic E-state index is 11.8. The number of hydrogen-bond donors (Lipinski definition) is 2. The molecule has 0 aliphatic heterocycles. The van der Waals surface area contributed by atoms with Crippen LogP contribution in [-0.2, 0) is 9.53 Å². The second-order valence-electron chi connectivity index (χ2n) is 5.85. The van der Waals surface area contributed by atoms with Crippen LogP contribution >= 0.6 is 0 Å². The summed E-state index contributed by atoms with van der Waals surface area (Å²) in [6.07, 6.45) is 0. The van der Waals surface area contributed by atoms with Crippen LogP contribution in [0.3, 0.4) is 0 Å². The first-order valence-electron chi connectivity index (χ1n) is 8.38. The number of rotatable bonds is 9. The smallest absolute Gasteiger partial charge is 0.243 e. The van der Waals surface area contributed by atoms with Gasteiger partial charge in [0.05, 0.1) is 26.9 Å². The fraction of sp³-hybridized carbons (Fsp3) is 0.556. The highest BCUT2D eigenvalue weighted by Crippen LogP contribution is 2.29. The number of guanidine groups is 1. The number of methoxy groups -OCH3 is 3. The van der Waals surface area contributed by atoms with Crippen LogP contribution in [-0.4, -0.2) is 71.9 Å². The number of carbonyl (C=O) groups is 1. The Hall–Kier alpha value is -2.48. The molecule has 1 atom stereocenters. The van der Waals surface area contributed by atoms with E-state index in [1.807, 2.05) is 25.1 Å². The van der Waals surface area contributed by atoms with Gasteiger partial charge in [0.25, 0.3) is 0 Å². The summed E-state index contributed by atoms with van der Waals surface area (Å²) >= 11 is 0. The van der Waals surface area contributed by atoms with Crippen LogP contribution in [0.1, 0.15) is 18.5 Å². The topological polar surface area (TPSA) is 84.4 Å². The Balaban J connectivity index is 2.94. The molecule has 0 aromatic heterocycles. The normalized spacial score (nSPS) is 12.3. The molecular formula is C18H30N4O4. The van der Waals surface area contributed by atoms with Crippen molar-refractivity contribution in [3.05, 3.63) is 23.8 Å². The van der Waals surface area contributed by atoms with Crippen molar-refractivity contribution in [1.82, 2.24) is 15.5 Å². The molecule has 0 heterocycles. The predicted octanol–water partition coefficient (Wildman–Crippen LogP) is 1.03. The van der Waals surface area contributed by atoms with Gasteiger partial charge in [-0.3, -0.25) is 4.79 Å². The van der Waals surface area contributed by atoms with Crippen molar-refractivity contribution < 1.29 is 19.0 Å². The molecule has 0 spiro atoms. The van der Waals surface area contributed by atoms with Crippen LogP contribution in [0.25, 0.3) is 0 Å². The van der Waals surface area contributed by atoms with E-state index in [-0.39, 0.29) is 18.5 Å².